The van der Waals surface area contributed by atoms with Crippen molar-refractivity contribution in [2.24, 2.45) is 23.5 Å². The van der Waals surface area contributed by atoms with Crippen LogP contribution in [0.25, 0.3) is 0 Å². The Hall–Kier alpha value is -3.44. The molecule has 1 unspecified atom stereocenters. The molecule has 0 radical (unpaired) electrons. The summed E-state index contributed by atoms with van der Waals surface area (Å²) in [4.78, 5) is 25.1. The number of fused-ring (bicyclic) bond motifs is 2. The predicted octanol–water partition coefficient (Wildman–Crippen LogP) is 0.712. The van der Waals surface area contributed by atoms with Crippen LogP contribution in [0.2, 0.25) is 0 Å². The Labute approximate surface area is 381 Å². The molecule has 19 atom stereocenters. The fourth-order valence-electron chi connectivity index (χ4n) is 7.97. The van der Waals surface area contributed by atoms with E-state index in [4.69, 9.17) is 24.7 Å². The molecule has 0 aromatic carbocycles. The molecule has 3 rings (SSSR count). The maximum atomic E-state index is 12.6. The van der Waals surface area contributed by atoms with Crippen molar-refractivity contribution in [3.8, 4) is 0 Å². The van der Waals surface area contributed by atoms with Gasteiger partial charge in [0.25, 0.3) is 0 Å². The van der Waals surface area contributed by atoms with Crippen LogP contribution in [-0.4, -0.2) is 166 Å². The quantitative estimate of drug-likeness (QED) is 0.174. The van der Waals surface area contributed by atoms with Crippen LogP contribution in [0.1, 0.15) is 79.1 Å². The number of hydrogen-bond acceptors (Lipinski definition) is 17. The van der Waals surface area contributed by atoms with Crippen molar-refractivity contribution >= 4 is 11.9 Å². The van der Waals surface area contributed by atoms with Crippen LogP contribution in [0.3, 0.4) is 0 Å². The Morgan fingerprint density at radius 2 is 1.23 bits per heavy atom. The molecule has 2 fully saturated rings. The number of carbonyl (C=O) groups is 2. The molecule has 18 nitrogen and oxygen atoms in total. The molecule has 2 bridgehead atoms. The predicted molar refractivity (Wildman–Crippen MR) is 237 cm³/mol. The van der Waals surface area contributed by atoms with Gasteiger partial charge in [-0.3, -0.25) is 9.59 Å². The second-order valence-electron chi connectivity index (χ2n) is 17.6. The van der Waals surface area contributed by atoms with Crippen LogP contribution in [0.5, 0.6) is 0 Å². The summed E-state index contributed by atoms with van der Waals surface area (Å²) in [6.45, 7) is 6.74. The van der Waals surface area contributed by atoms with E-state index in [2.05, 4.69) is 0 Å². The monoisotopic (exact) mass is 923 g/mol. The van der Waals surface area contributed by atoms with E-state index in [9.17, 15) is 65.8 Å². The number of esters is 1. The second-order valence-corrected chi connectivity index (χ2v) is 17.6. The molecule has 13 N–H and O–H groups in total. The number of allylic oxidation sites excluding steroid dienone is 12. The third-order valence-electron chi connectivity index (χ3n) is 12.0. The van der Waals surface area contributed by atoms with Crippen molar-refractivity contribution in [3.63, 3.8) is 0 Å². The van der Waals surface area contributed by atoms with Gasteiger partial charge < -0.3 is 80.9 Å². The molecule has 0 spiro atoms. The van der Waals surface area contributed by atoms with Gasteiger partial charge in [-0.05, 0) is 33.1 Å². The highest BCUT2D eigenvalue weighted by Gasteiger charge is 2.51. The van der Waals surface area contributed by atoms with E-state index >= 15 is 0 Å². The number of cyclic esters (lactones) is 1. The van der Waals surface area contributed by atoms with Crippen LogP contribution < -0.4 is 5.73 Å². The van der Waals surface area contributed by atoms with Crippen molar-refractivity contribution in [2.75, 3.05) is 0 Å². The van der Waals surface area contributed by atoms with E-state index in [0.717, 1.165) is 0 Å². The van der Waals surface area contributed by atoms with Crippen molar-refractivity contribution < 1.29 is 84.7 Å². The van der Waals surface area contributed by atoms with Gasteiger partial charge in [-0.1, -0.05) is 98.9 Å². The number of carboxylic acid groups (broad SMARTS) is 1. The fourth-order valence-corrected chi connectivity index (χ4v) is 7.97. The molecule has 0 aromatic heterocycles. The van der Waals surface area contributed by atoms with Crippen LogP contribution in [0, 0.1) is 17.8 Å². The SMILES string of the molecule is C[C@@H]1[C@H](O)[C@@H](C)/C=C/C=C/C=C/C=C/C=C/C=C/C=C/[C@H](O[C@@H]2O[C@H](C)[C@@H](O)[C@H](N)[C@@H]2O)CC2O[C@](O)(C[C@@H](O)C[C@@H](O)[C@H](O)CC[C@@H](O)C[C@@H](O)CC(=O)O[C@H]1C)C[C@H](O)[C@H]2C(=O)O. The van der Waals surface area contributed by atoms with E-state index in [-0.39, 0.29) is 31.6 Å². The normalized spacial score (nSPS) is 45.5. The molecular formula is C47H73NO17. The first-order valence-corrected chi connectivity index (χ1v) is 22.3. The van der Waals surface area contributed by atoms with E-state index in [0.29, 0.717) is 0 Å². The van der Waals surface area contributed by atoms with Crippen LogP contribution in [0.4, 0.5) is 0 Å². The Morgan fingerprint density at radius 3 is 1.82 bits per heavy atom. The summed E-state index contributed by atoms with van der Waals surface area (Å²) >= 11 is 0. The average Bonchev–Trinajstić information content (AvgIpc) is 3.21. The minimum atomic E-state index is -2.33. The second kappa shape index (κ2) is 27.4. The molecule has 2 saturated heterocycles. The summed E-state index contributed by atoms with van der Waals surface area (Å²) in [6.07, 6.45) is 3.46. The molecule has 65 heavy (non-hydrogen) atoms. The average molecular weight is 924 g/mol. The van der Waals surface area contributed by atoms with Crippen molar-refractivity contribution in [1.82, 2.24) is 0 Å². The van der Waals surface area contributed by atoms with E-state index in [1.807, 2.05) is 19.1 Å². The first kappa shape index (κ1) is 55.9. The lowest BCUT2D eigenvalue weighted by Crippen LogP contribution is -2.61. The molecule has 0 aliphatic carbocycles. The van der Waals surface area contributed by atoms with E-state index < -0.39 is 147 Å². The van der Waals surface area contributed by atoms with E-state index in [1.54, 1.807) is 80.7 Å². The number of rotatable bonds is 3. The molecule has 0 aromatic rings. The lowest BCUT2D eigenvalue weighted by Gasteiger charge is -2.45. The first-order valence-electron chi connectivity index (χ1n) is 22.3. The maximum absolute atomic E-state index is 12.6. The van der Waals surface area contributed by atoms with Gasteiger partial charge in [-0.2, -0.15) is 0 Å². The zero-order chi connectivity index (χ0) is 48.4. The number of hydrogen-bond donors (Lipinski definition) is 12. The number of aliphatic carboxylic acids is 1. The summed E-state index contributed by atoms with van der Waals surface area (Å²) in [5.74, 6) is -6.83. The zero-order valence-electron chi connectivity index (χ0n) is 37.6. The lowest BCUT2D eigenvalue weighted by molar-refractivity contribution is -0.308. The maximum Gasteiger partial charge on any atom is 0.311 e. The van der Waals surface area contributed by atoms with Crippen LogP contribution in [-0.2, 0) is 28.5 Å². The molecule has 368 valence electrons. The van der Waals surface area contributed by atoms with Gasteiger partial charge in [0.2, 0.25) is 0 Å². The summed E-state index contributed by atoms with van der Waals surface area (Å²) in [6, 6.07) is -1.15. The Balaban J connectivity index is 1.86. The van der Waals surface area contributed by atoms with Gasteiger partial charge in [0, 0.05) is 37.5 Å². The molecule has 0 saturated carbocycles. The third kappa shape index (κ3) is 18.6. The highest BCUT2D eigenvalue weighted by atomic mass is 16.7. The lowest BCUT2D eigenvalue weighted by atomic mass is 9.82. The molecule has 0 amide bonds. The Kier molecular flexibility index (Phi) is 23.6. The summed E-state index contributed by atoms with van der Waals surface area (Å²) in [7, 11) is 0. The van der Waals surface area contributed by atoms with Crippen LogP contribution >= 0.6 is 0 Å². The van der Waals surface area contributed by atoms with Gasteiger partial charge in [0.15, 0.2) is 12.1 Å². The minimum Gasteiger partial charge on any atom is -0.481 e. The molecule has 3 aliphatic rings. The smallest absolute Gasteiger partial charge is 0.311 e. The number of ether oxygens (including phenoxy) is 4. The van der Waals surface area contributed by atoms with Gasteiger partial charge in [-0.25, -0.2) is 0 Å². The number of aliphatic hydroxyl groups is 10. The largest absolute Gasteiger partial charge is 0.481 e. The van der Waals surface area contributed by atoms with E-state index in [1.165, 1.54) is 13.0 Å². The summed E-state index contributed by atoms with van der Waals surface area (Å²) in [5, 5.41) is 118. The van der Waals surface area contributed by atoms with Crippen molar-refractivity contribution in [1.29, 1.82) is 0 Å². The Bertz CT molecular complexity index is 1670. The molecular weight excluding hydrogens is 851 g/mol. The number of nitrogens with two attached hydrogens (primary N) is 1. The molecule has 3 heterocycles. The van der Waals surface area contributed by atoms with Gasteiger partial charge in [0.05, 0.1) is 79.6 Å². The fraction of sp³-hybridized carbons (Fsp3) is 0.660. The zero-order valence-corrected chi connectivity index (χ0v) is 37.6. The van der Waals surface area contributed by atoms with Gasteiger partial charge in [-0.15, -0.1) is 0 Å². The van der Waals surface area contributed by atoms with Crippen LogP contribution in [0.15, 0.2) is 85.1 Å². The Morgan fingerprint density at radius 1 is 0.662 bits per heavy atom. The topological polar surface area (TPSA) is 320 Å². The summed E-state index contributed by atoms with van der Waals surface area (Å²) in [5.41, 5.74) is 6.02. The highest BCUT2D eigenvalue weighted by molar-refractivity contribution is 5.71. The number of carbonyl (C=O) groups excluding carboxylic acids is 1. The van der Waals surface area contributed by atoms with Crippen molar-refractivity contribution in [2.45, 2.75) is 177 Å². The standard InChI is InChI=1S/C47H73NO17/c1-27-17-15-13-11-9-7-5-6-8-10-12-14-16-18-34(64-46-44(58)41(48)43(57)30(4)63-46)24-38-40(45(59)60)37(54)26-47(61,65-38)25-33(51)22-36(53)35(52)20-19-31(49)21-32(50)23-39(55)62-29(3)28(2)42(27)56/h5-18,27-38,40-44,46,49-54,56-58,61H,19-26,48H2,1-4H3,(H,59,60)/b6-5+,9-7+,10-8+,13-11+,14-12+,17-15+,18-16+/t27-,28-,29-,30+,31+,32+,33-,34-,35+,36+,37-,38?,40+,41-,42+,43+,44-,46-,47+/m0/s1. The van der Waals surface area contributed by atoms with Gasteiger partial charge in [0.1, 0.15) is 18.1 Å². The van der Waals surface area contributed by atoms with Crippen molar-refractivity contribution in [3.05, 3.63) is 85.1 Å². The molecule has 18 heteroatoms. The number of aliphatic hydroxyl groups excluding tert-OH is 9. The van der Waals surface area contributed by atoms with Gasteiger partial charge >= 0.3 is 11.9 Å². The third-order valence-corrected chi connectivity index (χ3v) is 12.0. The minimum absolute atomic E-state index is 0.107. The summed E-state index contributed by atoms with van der Waals surface area (Å²) < 4.78 is 23.1. The molecule has 3 aliphatic heterocycles. The first-order chi connectivity index (χ1) is 30.6. The number of carboxylic acids is 1. The highest BCUT2D eigenvalue weighted by Crippen LogP contribution is 2.38.